The first-order valence-corrected chi connectivity index (χ1v) is 8.00. The van der Waals surface area contributed by atoms with Crippen LogP contribution in [-0.2, 0) is 16.6 Å². The predicted molar refractivity (Wildman–Crippen MR) is 94.4 cm³/mol. The zero-order valence-electron chi connectivity index (χ0n) is 15.0. The molecule has 0 radical (unpaired) electrons. The molecular weight excluding hydrogens is 358 g/mol. The van der Waals surface area contributed by atoms with Gasteiger partial charge in [-0.2, -0.15) is 0 Å². The van der Waals surface area contributed by atoms with Crippen LogP contribution in [0.15, 0.2) is 21.9 Å². The van der Waals surface area contributed by atoms with E-state index in [0.29, 0.717) is 0 Å². The highest BCUT2D eigenvalue weighted by Gasteiger charge is 2.27. The summed E-state index contributed by atoms with van der Waals surface area (Å²) in [5.41, 5.74) is -1.26. The molecule has 0 fully saturated rings. The summed E-state index contributed by atoms with van der Waals surface area (Å²) in [4.78, 5) is 65.9. The number of nitrogens with zero attached hydrogens (tertiary/aromatic N) is 3. The summed E-state index contributed by atoms with van der Waals surface area (Å²) in [6, 6.07) is 0.0866. The third kappa shape index (κ3) is 4.19. The van der Waals surface area contributed by atoms with E-state index in [1.54, 1.807) is 0 Å². The van der Waals surface area contributed by atoms with Crippen molar-refractivity contribution in [1.29, 1.82) is 0 Å². The first-order valence-electron chi connectivity index (χ1n) is 8.00. The number of carbonyl (C=O) groups excluding carboxylic acids is 2. The maximum Gasteiger partial charge on any atom is 0.329 e. The second-order valence-electron chi connectivity index (χ2n) is 5.91. The van der Waals surface area contributed by atoms with Gasteiger partial charge in [-0.3, -0.25) is 23.9 Å². The van der Waals surface area contributed by atoms with Gasteiger partial charge in [0.25, 0.3) is 11.5 Å². The molecule has 3 N–H and O–H groups in total. The number of nitrogens with one attached hydrogen (secondary N) is 2. The number of hydrogen-bond donors (Lipinski definition) is 3. The molecule has 2 amide bonds. The standard InChI is InChI=1S/C16H19N5O6/c1-8(15(25)26)21(5-4-17-9(2)22)14(24)10-6-11-12(18-7-10)20(3)16(27)19-13(11)23/h6-8H,4-5H2,1-3H3,(H,17,22)(H,25,26)(H,19,23,27). The topological polar surface area (TPSA) is 154 Å². The Kier molecular flexibility index (Phi) is 5.73. The third-order valence-corrected chi connectivity index (χ3v) is 4.01. The van der Waals surface area contributed by atoms with Gasteiger partial charge < -0.3 is 15.3 Å². The molecule has 2 aromatic heterocycles. The van der Waals surface area contributed by atoms with E-state index in [-0.39, 0.29) is 35.6 Å². The number of carboxylic acid groups (broad SMARTS) is 1. The molecule has 11 nitrogen and oxygen atoms in total. The van der Waals surface area contributed by atoms with Gasteiger partial charge in [-0.1, -0.05) is 0 Å². The number of rotatable bonds is 6. The van der Waals surface area contributed by atoms with Gasteiger partial charge in [-0.15, -0.1) is 0 Å². The molecule has 27 heavy (non-hydrogen) atoms. The molecular formula is C16H19N5O6. The molecule has 1 unspecified atom stereocenters. The second kappa shape index (κ2) is 7.81. The average Bonchev–Trinajstić information content (AvgIpc) is 2.61. The number of aliphatic carboxylic acids is 1. The molecule has 2 aromatic rings. The summed E-state index contributed by atoms with van der Waals surface area (Å²) in [5, 5.41) is 11.8. The van der Waals surface area contributed by atoms with Crippen LogP contribution in [0.4, 0.5) is 0 Å². The van der Waals surface area contributed by atoms with Gasteiger partial charge in [0, 0.05) is 33.3 Å². The quantitative estimate of drug-likeness (QED) is 0.563. The van der Waals surface area contributed by atoms with Gasteiger partial charge in [-0.25, -0.2) is 14.6 Å². The highest BCUT2D eigenvalue weighted by Crippen LogP contribution is 2.12. The summed E-state index contributed by atoms with van der Waals surface area (Å²) >= 11 is 0. The number of pyridine rings is 1. The molecule has 2 rings (SSSR count). The lowest BCUT2D eigenvalue weighted by atomic mass is 10.1. The highest BCUT2D eigenvalue weighted by atomic mass is 16.4. The molecule has 0 aliphatic rings. The fourth-order valence-electron chi connectivity index (χ4n) is 2.48. The monoisotopic (exact) mass is 377 g/mol. The van der Waals surface area contributed by atoms with Crippen molar-refractivity contribution in [3.8, 4) is 0 Å². The van der Waals surface area contributed by atoms with Crippen molar-refractivity contribution in [3.63, 3.8) is 0 Å². The van der Waals surface area contributed by atoms with E-state index in [1.807, 2.05) is 0 Å². The van der Waals surface area contributed by atoms with Crippen molar-refractivity contribution in [2.75, 3.05) is 13.1 Å². The van der Waals surface area contributed by atoms with Crippen molar-refractivity contribution in [1.82, 2.24) is 24.8 Å². The van der Waals surface area contributed by atoms with Crippen LogP contribution in [0.1, 0.15) is 24.2 Å². The molecule has 0 spiro atoms. The molecule has 144 valence electrons. The number of aryl methyl sites for hydroxylation is 1. The van der Waals surface area contributed by atoms with Crippen molar-refractivity contribution in [2.24, 2.45) is 7.05 Å². The molecule has 0 aliphatic carbocycles. The third-order valence-electron chi connectivity index (χ3n) is 4.01. The Morgan fingerprint density at radius 3 is 2.63 bits per heavy atom. The fourth-order valence-corrected chi connectivity index (χ4v) is 2.48. The van der Waals surface area contributed by atoms with Crippen LogP contribution < -0.4 is 16.6 Å². The first-order chi connectivity index (χ1) is 12.6. The van der Waals surface area contributed by atoms with Gasteiger partial charge in [0.15, 0.2) is 0 Å². The second-order valence-corrected chi connectivity index (χ2v) is 5.91. The van der Waals surface area contributed by atoms with E-state index in [4.69, 9.17) is 0 Å². The SMILES string of the molecule is CC(=O)NCCN(C(=O)c1cnc2c(c1)c(=O)[nH]c(=O)n2C)C(C)C(=O)O. The average molecular weight is 377 g/mol. The van der Waals surface area contributed by atoms with Crippen molar-refractivity contribution in [3.05, 3.63) is 38.7 Å². The van der Waals surface area contributed by atoms with Gasteiger partial charge in [0.05, 0.1) is 10.9 Å². The zero-order chi connectivity index (χ0) is 20.3. The van der Waals surface area contributed by atoms with E-state index < -0.39 is 29.2 Å². The Morgan fingerprint density at radius 2 is 2.04 bits per heavy atom. The van der Waals surface area contributed by atoms with Crippen LogP contribution >= 0.6 is 0 Å². The maximum absolute atomic E-state index is 12.8. The van der Waals surface area contributed by atoms with Crippen LogP contribution in [0.5, 0.6) is 0 Å². The van der Waals surface area contributed by atoms with Crippen molar-refractivity contribution in [2.45, 2.75) is 19.9 Å². The van der Waals surface area contributed by atoms with Crippen LogP contribution in [0.3, 0.4) is 0 Å². The first kappa shape index (κ1) is 19.8. The number of carboxylic acids is 1. The highest BCUT2D eigenvalue weighted by molar-refractivity contribution is 5.98. The molecule has 0 bridgehead atoms. The molecule has 1 atom stereocenters. The molecule has 0 saturated carbocycles. The molecule has 0 aromatic carbocycles. The van der Waals surface area contributed by atoms with E-state index in [9.17, 15) is 29.1 Å². The van der Waals surface area contributed by atoms with Crippen molar-refractivity contribution >= 4 is 28.8 Å². The van der Waals surface area contributed by atoms with E-state index in [2.05, 4.69) is 15.3 Å². The number of hydrogen-bond acceptors (Lipinski definition) is 6. The summed E-state index contributed by atoms with van der Waals surface area (Å²) < 4.78 is 1.12. The van der Waals surface area contributed by atoms with Gasteiger partial charge in [0.1, 0.15) is 11.7 Å². The van der Waals surface area contributed by atoms with Crippen LogP contribution in [0.25, 0.3) is 11.0 Å². The molecule has 11 heteroatoms. The van der Waals surface area contributed by atoms with E-state index >= 15 is 0 Å². The molecule has 0 aliphatic heterocycles. The van der Waals surface area contributed by atoms with Gasteiger partial charge >= 0.3 is 11.7 Å². The Morgan fingerprint density at radius 1 is 1.37 bits per heavy atom. The lowest BCUT2D eigenvalue weighted by molar-refractivity contribution is -0.141. The lowest BCUT2D eigenvalue weighted by Gasteiger charge is -2.26. The van der Waals surface area contributed by atoms with E-state index in [1.165, 1.54) is 33.2 Å². The number of carbonyl (C=O) groups is 3. The smallest absolute Gasteiger partial charge is 0.329 e. The minimum absolute atomic E-state index is 0.0115. The Hall–Kier alpha value is -3.50. The summed E-state index contributed by atoms with van der Waals surface area (Å²) in [7, 11) is 1.42. The number of H-pyrrole nitrogens is 1. The van der Waals surface area contributed by atoms with Crippen LogP contribution in [0.2, 0.25) is 0 Å². The Bertz CT molecular complexity index is 1020. The van der Waals surface area contributed by atoms with Gasteiger partial charge in [0.2, 0.25) is 5.91 Å². The predicted octanol–water partition coefficient (Wildman–Crippen LogP) is -1.33. The minimum Gasteiger partial charge on any atom is -0.480 e. The van der Waals surface area contributed by atoms with E-state index in [0.717, 1.165) is 9.47 Å². The summed E-state index contributed by atoms with van der Waals surface area (Å²) in [6.45, 7) is 2.65. The normalized spacial score (nSPS) is 11.8. The van der Waals surface area contributed by atoms with Crippen molar-refractivity contribution < 1.29 is 19.5 Å². The van der Waals surface area contributed by atoms with Gasteiger partial charge in [-0.05, 0) is 13.0 Å². The molecule has 2 heterocycles. The number of aromatic nitrogens is 3. The lowest BCUT2D eigenvalue weighted by Crippen LogP contribution is -2.46. The minimum atomic E-state index is -1.22. The number of amides is 2. The molecule has 0 saturated heterocycles. The maximum atomic E-state index is 12.8. The number of fused-ring (bicyclic) bond motifs is 1. The number of aromatic amines is 1. The van der Waals surface area contributed by atoms with Crippen LogP contribution in [-0.4, -0.2) is 61.5 Å². The Balaban J connectivity index is 2.44. The summed E-state index contributed by atoms with van der Waals surface area (Å²) in [5.74, 6) is -2.21. The Labute approximate surface area is 152 Å². The summed E-state index contributed by atoms with van der Waals surface area (Å²) in [6.07, 6.45) is 1.17. The fraction of sp³-hybridized carbons (Fsp3) is 0.375. The zero-order valence-corrected chi connectivity index (χ0v) is 15.0. The largest absolute Gasteiger partial charge is 0.480 e. The van der Waals surface area contributed by atoms with Crippen LogP contribution in [0, 0.1) is 0 Å².